The second-order valence-electron chi connectivity index (χ2n) is 9.31. The van der Waals surface area contributed by atoms with Gasteiger partial charge in [-0.1, -0.05) is 18.2 Å². The van der Waals surface area contributed by atoms with Crippen LogP contribution in [0.5, 0.6) is 0 Å². The van der Waals surface area contributed by atoms with Crippen LogP contribution in [0.3, 0.4) is 0 Å². The molecule has 26 heavy (non-hydrogen) atoms. The standard InChI is InChI=1S/C22H33NO3/c1-15-8-6-9-16(2)19(15)14-22(25)12-17-10-7-11-18(13-22)23(17)20(24)26-21(3,4)5/h6,8-9,17-18,25H,7,10-14H2,1-5H3. The topological polar surface area (TPSA) is 49.8 Å². The van der Waals surface area contributed by atoms with E-state index in [-0.39, 0.29) is 18.2 Å². The smallest absolute Gasteiger partial charge is 0.410 e. The third-order valence-corrected chi connectivity index (χ3v) is 5.85. The third kappa shape index (κ3) is 4.06. The van der Waals surface area contributed by atoms with Crippen molar-refractivity contribution >= 4 is 6.09 Å². The van der Waals surface area contributed by atoms with E-state index in [4.69, 9.17) is 4.74 Å². The average molecular weight is 360 g/mol. The lowest BCUT2D eigenvalue weighted by atomic mass is 9.72. The number of rotatable bonds is 2. The normalized spacial score (nSPS) is 28.8. The van der Waals surface area contributed by atoms with E-state index in [2.05, 4.69) is 32.0 Å². The van der Waals surface area contributed by atoms with Gasteiger partial charge in [0.1, 0.15) is 5.60 Å². The summed E-state index contributed by atoms with van der Waals surface area (Å²) in [6, 6.07) is 6.45. The molecule has 2 fully saturated rings. The van der Waals surface area contributed by atoms with Gasteiger partial charge in [-0.05, 0) is 83.4 Å². The molecule has 0 radical (unpaired) electrons. The van der Waals surface area contributed by atoms with Crippen molar-refractivity contribution in [3.63, 3.8) is 0 Å². The van der Waals surface area contributed by atoms with Crippen LogP contribution in [-0.2, 0) is 11.2 Å². The van der Waals surface area contributed by atoms with Crippen molar-refractivity contribution in [3.05, 3.63) is 34.9 Å². The predicted molar refractivity (Wildman–Crippen MR) is 103 cm³/mol. The molecule has 4 nitrogen and oxygen atoms in total. The summed E-state index contributed by atoms with van der Waals surface area (Å²) in [5, 5.41) is 11.4. The molecule has 1 N–H and O–H groups in total. The fraction of sp³-hybridized carbons (Fsp3) is 0.682. The zero-order chi connectivity index (χ0) is 19.1. The molecule has 2 bridgehead atoms. The highest BCUT2D eigenvalue weighted by Gasteiger charge is 2.48. The van der Waals surface area contributed by atoms with Crippen LogP contribution in [0.1, 0.15) is 69.6 Å². The highest BCUT2D eigenvalue weighted by atomic mass is 16.6. The van der Waals surface area contributed by atoms with Crippen LogP contribution >= 0.6 is 0 Å². The summed E-state index contributed by atoms with van der Waals surface area (Å²) in [6.07, 6.45) is 4.73. The first-order valence-corrected chi connectivity index (χ1v) is 9.87. The first-order valence-electron chi connectivity index (χ1n) is 9.87. The molecule has 4 heteroatoms. The lowest BCUT2D eigenvalue weighted by molar-refractivity contribution is -0.0920. The number of nitrogens with zero attached hydrogens (tertiary/aromatic N) is 1. The summed E-state index contributed by atoms with van der Waals surface area (Å²) in [7, 11) is 0. The Morgan fingerprint density at radius 1 is 1.19 bits per heavy atom. The van der Waals surface area contributed by atoms with Crippen molar-refractivity contribution in [3.8, 4) is 0 Å². The molecule has 144 valence electrons. The maximum atomic E-state index is 12.7. The lowest BCUT2D eigenvalue weighted by Crippen LogP contribution is -2.61. The Morgan fingerprint density at radius 3 is 2.23 bits per heavy atom. The highest BCUT2D eigenvalue weighted by Crippen LogP contribution is 2.42. The number of piperidine rings is 2. The molecule has 2 heterocycles. The van der Waals surface area contributed by atoms with E-state index in [1.807, 2.05) is 25.7 Å². The van der Waals surface area contributed by atoms with E-state index in [1.165, 1.54) is 16.7 Å². The van der Waals surface area contributed by atoms with Crippen LogP contribution in [0, 0.1) is 13.8 Å². The second-order valence-corrected chi connectivity index (χ2v) is 9.31. The number of carbonyl (C=O) groups excluding carboxylic acids is 1. The molecule has 2 unspecified atom stereocenters. The quantitative estimate of drug-likeness (QED) is 0.844. The van der Waals surface area contributed by atoms with Gasteiger partial charge in [0.25, 0.3) is 0 Å². The van der Waals surface area contributed by atoms with E-state index < -0.39 is 11.2 Å². The Morgan fingerprint density at radius 2 is 1.73 bits per heavy atom. The van der Waals surface area contributed by atoms with Gasteiger partial charge in [-0.25, -0.2) is 4.79 Å². The number of hydrogen-bond donors (Lipinski definition) is 1. The van der Waals surface area contributed by atoms with Crippen molar-refractivity contribution in [2.75, 3.05) is 0 Å². The van der Waals surface area contributed by atoms with Crippen LogP contribution in [0.4, 0.5) is 4.79 Å². The summed E-state index contributed by atoms with van der Waals surface area (Å²) in [5.41, 5.74) is 2.48. The first kappa shape index (κ1) is 19.2. The van der Waals surface area contributed by atoms with Crippen molar-refractivity contribution in [1.82, 2.24) is 4.90 Å². The molecular weight excluding hydrogens is 326 g/mol. The Labute approximate surface area is 157 Å². The van der Waals surface area contributed by atoms with Crippen LogP contribution in [0.25, 0.3) is 0 Å². The molecule has 0 aromatic heterocycles. The summed E-state index contributed by atoms with van der Waals surface area (Å²) < 4.78 is 5.64. The SMILES string of the molecule is Cc1cccc(C)c1CC1(O)CC2CCCC(C1)N2C(=O)OC(C)(C)C. The molecular formula is C22H33NO3. The number of amides is 1. The van der Waals surface area contributed by atoms with Gasteiger partial charge >= 0.3 is 6.09 Å². The van der Waals surface area contributed by atoms with Crippen molar-refractivity contribution < 1.29 is 14.6 Å². The Hall–Kier alpha value is -1.55. The zero-order valence-corrected chi connectivity index (χ0v) is 16.8. The van der Waals surface area contributed by atoms with Gasteiger partial charge in [0.15, 0.2) is 0 Å². The van der Waals surface area contributed by atoms with Gasteiger partial charge in [0.05, 0.1) is 5.60 Å². The van der Waals surface area contributed by atoms with Gasteiger partial charge in [-0.3, -0.25) is 0 Å². The molecule has 1 amide bonds. The fourth-order valence-corrected chi connectivity index (χ4v) is 4.74. The minimum atomic E-state index is -0.745. The van der Waals surface area contributed by atoms with Crippen LogP contribution in [-0.4, -0.2) is 39.4 Å². The van der Waals surface area contributed by atoms with Crippen LogP contribution < -0.4 is 0 Å². The largest absolute Gasteiger partial charge is 0.444 e. The van der Waals surface area contributed by atoms with Crippen LogP contribution in [0.2, 0.25) is 0 Å². The summed E-state index contributed by atoms with van der Waals surface area (Å²) >= 11 is 0. The van der Waals surface area contributed by atoms with E-state index >= 15 is 0 Å². The Balaban J connectivity index is 1.79. The van der Waals surface area contributed by atoms with Gasteiger partial charge in [0.2, 0.25) is 0 Å². The third-order valence-electron chi connectivity index (χ3n) is 5.85. The van der Waals surface area contributed by atoms with E-state index in [9.17, 15) is 9.90 Å². The number of fused-ring (bicyclic) bond motifs is 2. The molecule has 1 aromatic carbocycles. The summed E-state index contributed by atoms with van der Waals surface area (Å²) in [5.74, 6) is 0. The molecule has 3 rings (SSSR count). The van der Waals surface area contributed by atoms with E-state index in [0.29, 0.717) is 19.3 Å². The van der Waals surface area contributed by atoms with Crippen molar-refractivity contribution in [1.29, 1.82) is 0 Å². The lowest BCUT2D eigenvalue weighted by Gasteiger charge is -2.52. The number of benzene rings is 1. The van der Waals surface area contributed by atoms with Gasteiger partial charge in [-0.2, -0.15) is 0 Å². The zero-order valence-electron chi connectivity index (χ0n) is 16.8. The van der Waals surface area contributed by atoms with Gasteiger partial charge in [0, 0.05) is 18.5 Å². The van der Waals surface area contributed by atoms with Crippen molar-refractivity contribution in [2.24, 2.45) is 0 Å². The predicted octanol–water partition coefficient (Wildman–Crippen LogP) is 4.53. The first-order chi connectivity index (χ1) is 12.1. The van der Waals surface area contributed by atoms with E-state index in [0.717, 1.165) is 19.3 Å². The molecule has 2 atom stereocenters. The minimum Gasteiger partial charge on any atom is -0.444 e. The number of ether oxygens (including phenoxy) is 1. The number of aryl methyl sites for hydroxylation is 2. The molecule has 1 aromatic rings. The molecule has 2 aliphatic heterocycles. The Kier molecular flexibility index (Phi) is 5.08. The van der Waals surface area contributed by atoms with Crippen LogP contribution in [0.15, 0.2) is 18.2 Å². The maximum absolute atomic E-state index is 12.7. The highest BCUT2D eigenvalue weighted by molar-refractivity contribution is 5.69. The van der Waals surface area contributed by atoms with Gasteiger partial charge < -0.3 is 14.7 Å². The molecule has 0 saturated carbocycles. The van der Waals surface area contributed by atoms with E-state index in [1.54, 1.807) is 0 Å². The number of carbonyl (C=O) groups is 1. The summed E-state index contributed by atoms with van der Waals surface area (Å²) in [4.78, 5) is 14.7. The molecule has 0 spiro atoms. The maximum Gasteiger partial charge on any atom is 0.410 e. The minimum absolute atomic E-state index is 0.0756. The number of hydrogen-bond acceptors (Lipinski definition) is 3. The second kappa shape index (κ2) is 6.88. The fourth-order valence-electron chi connectivity index (χ4n) is 4.74. The molecule has 0 aliphatic carbocycles. The van der Waals surface area contributed by atoms with Crippen molar-refractivity contribution in [2.45, 2.75) is 96.4 Å². The molecule has 2 saturated heterocycles. The average Bonchev–Trinajstić information content (AvgIpc) is 2.48. The monoisotopic (exact) mass is 359 g/mol. The molecule has 2 aliphatic rings. The number of aliphatic hydroxyl groups is 1. The van der Waals surface area contributed by atoms with Gasteiger partial charge in [-0.15, -0.1) is 0 Å². The summed E-state index contributed by atoms with van der Waals surface area (Å²) in [6.45, 7) is 9.94. The Bertz CT molecular complexity index is 642.